The van der Waals surface area contributed by atoms with Gasteiger partial charge in [0.25, 0.3) is 0 Å². The molecule has 0 bridgehead atoms. The van der Waals surface area contributed by atoms with E-state index in [1.54, 1.807) is 55.6 Å². The summed E-state index contributed by atoms with van der Waals surface area (Å²) in [6.07, 6.45) is -3.03. The number of halogens is 3. The van der Waals surface area contributed by atoms with Crippen molar-refractivity contribution in [1.29, 1.82) is 0 Å². The summed E-state index contributed by atoms with van der Waals surface area (Å²) < 4.78 is 54.9. The van der Waals surface area contributed by atoms with Crippen LogP contribution in [0.5, 0.6) is 11.5 Å². The number of ketones is 1. The second kappa shape index (κ2) is 8.18. The summed E-state index contributed by atoms with van der Waals surface area (Å²) in [5.74, 6) is 0.824. The van der Waals surface area contributed by atoms with Crippen LogP contribution in [-0.4, -0.2) is 12.9 Å². The van der Waals surface area contributed by atoms with Crippen molar-refractivity contribution in [2.24, 2.45) is 0 Å². The van der Waals surface area contributed by atoms with Gasteiger partial charge in [-0.3, -0.25) is 4.79 Å². The maximum absolute atomic E-state index is 12.9. The van der Waals surface area contributed by atoms with Gasteiger partial charge in [-0.25, -0.2) is 0 Å². The van der Waals surface area contributed by atoms with Gasteiger partial charge in [0.1, 0.15) is 30.0 Å². The molecule has 3 aromatic carbocycles. The van der Waals surface area contributed by atoms with Crippen molar-refractivity contribution >= 4 is 16.8 Å². The maximum Gasteiger partial charge on any atom is 0.416 e. The fraction of sp³-hybridized carbons (Fsp3) is 0.125. The predicted octanol–water partition coefficient (Wildman–Crippen LogP) is 6.27. The highest BCUT2D eigenvalue weighted by molar-refractivity contribution is 6.16. The van der Waals surface area contributed by atoms with Gasteiger partial charge in [-0.15, -0.1) is 0 Å². The van der Waals surface area contributed by atoms with Gasteiger partial charge >= 0.3 is 6.18 Å². The lowest BCUT2D eigenvalue weighted by molar-refractivity contribution is -0.137. The smallest absolute Gasteiger partial charge is 0.416 e. The number of ether oxygens (including phenoxy) is 2. The minimum Gasteiger partial charge on any atom is -0.497 e. The van der Waals surface area contributed by atoms with Gasteiger partial charge in [0.2, 0.25) is 0 Å². The van der Waals surface area contributed by atoms with Crippen molar-refractivity contribution in [3.8, 4) is 11.5 Å². The van der Waals surface area contributed by atoms with Crippen molar-refractivity contribution in [3.05, 3.63) is 95.2 Å². The molecular weight excluding hydrogens is 409 g/mol. The number of carbonyl (C=O) groups is 1. The maximum atomic E-state index is 12.9. The Morgan fingerprint density at radius 2 is 1.71 bits per heavy atom. The van der Waals surface area contributed by atoms with Crippen LogP contribution < -0.4 is 9.47 Å². The Kier molecular flexibility index (Phi) is 5.42. The van der Waals surface area contributed by atoms with Crippen LogP contribution >= 0.6 is 0 Å². The minimum absolute atomic E-state index is 0.0466. The number of methoxy groups -OCH3 is 1. The first-order chi connectivity index (χ1) is 14.8. The monoisotopic (exact) mass is 426 g/mol. The Hall–Kier alpha value is -3.74. The lowest BCUT2D eigenvalue weighted by Crippen LogP contribution is -2.06. The molecule has 0 amide bonds. The summed E-state index contributed by atoms with van der Waals surface area (Å²) in [5.41, 5.74) is 0.995. The quantitative estimate of drug-likeness (QED) is 0.341. The number of benzene rings is 3. The molecule has 158 valence electrons. The molecule has 0 N–H and O–H groups in total. The van der Waals surface area contributed by atoms with Gasteiger partial charge in [0.05, 0.1) is 18.2 Å². The zero-order chi connectivity index (χ0) is 22.0. The highest BCUT2D eigenvalue weighted by atomic mass is 19.4. The molecule has 0 saturated heterocycles. The predicted molar refractivity (Wildman–Crippen MR) is 108 cm³/mol. The van der Waals surface area contributed by atoms with Gasteiger partial charge in [0, 0.05) is 10.9 Å². The summed E-state index contributed by atoms with van der Waals surface area (Å²) in [7, 11) is 1.54. The topological polar surface area (TPSA) is 48.7 Å². The van der Waals surface area contributed by atoms with E-state index in [-0.39, 0.29) is 12.4 Å². The van der Waals surface area contributed by atoms with Crippen LogP contribution in [0.1, 0.15) is 27.0 Å². The summed E-state index contributed by atoms with van der Waals surface area (Å²) in [6, 6.07) is 16.6. The third-order valence-electron chi connectivity index (χ3n) is 4.80. The fourth-order valence-electron chi connectivity index (χ4n) is 3.18. The lowest BCUT2D eigenvalue weighted by atomic mass is 10.0. The molecule has 7 heteroatoms. The molecule has 0 radical (unpaired) electrons. The normalized spacial score (nSPS) is 11.5. The molecule has 0 aliphatic rings. The molecule has 31 heavy (non-hydrogen) atoms. The number of alkyl halides is 3. The Morgan fingerprint density at radius 3 is 2.42 bits per heavy atom. The zero-order valence-electron chi connectivity index (χ0n) is 16.4. The molecule has 4 rings (SSSR count). The summed E-state index contributed by atoms with van der Waals surface area (Å²) in [5, 5.41) is 0.558. The molecule has 1 aromatic heterocycles. The van der Waals surface area contributed by atoms with Crippen molar-refractivity contribution in [2.75, 3.05) is 7.11 Å². The molecule has 4 aromatic rings. The van der Waals surface area contributed by atoms with Crippen LogP contribution in [-0.2, 0) is 12.8 Å². The largest absolute Gasteiger partial charge is 0.497 e. The van der Waals surface area contributed by atoms with E-state index < -0.39 is 11.7 Å². The highest BCUT2D eigenvalue weighted by Gasteiger charge is 2.30. The fourth-order valence-corrected chi connectivity index (χ4v) is 3.18. The Balaban J connectivity index is 1.56. The minimum atomic E-state index is -4.41. The Morgan fingerprint density at radius 1 is 0.968 bits per heavy atom. The SMILES string of the molecule is COc1ccc(C(=O)c2coc3ccc(OCc4cccc(C(F)(F)F)c4)cc23)cc1. The number of furan rings is 1. The molecule has 0 atom stereocenters. The van der Waals surface area contributed by atoms with Gasteiger partial charge < -0.3 is 13.9 Å². The summed E-state index contributed by atoms with van der Waals surface area (Å²) in [4.78, 5) is 12.9. The molecule has 0 aliphatic heterocycles. The van der Waals surface area contributed by atoms with Crippen molar-refractivity contribution in [1.82, 2.24) is 0 Å². The van der Waals surface area contributed by atoms with Gasteiger partial charge in [-0.2, -0.15) is 13.2 Å². The van der Waals surface area contributed by atoms with E-state index in [9.17, 15) is 18.0 Å². The Labute approximate surface area is 175 Å². The van der Waals surface area contributed by atoms with Gasteiger partial charge in [-0.05, 0) is 60.2 Å². The number of hydrogen-bond donors (Lipinski definition) is 0. The average Bonchev–Trinajstić information content (AvgIpc) is 3.20. The van der Waals surface area contributed by atoms with Crippen LogP contribution in [0.25, 0.3) is 11.0 Å². The van der Waals surface area contributed by atoms with E-state index in [0.29, 0.717) is 39.2 Å². The van der Waals surface area contributed by atoms with Crippen LogP contribution in [0.4, 0.5) is 13.2 Å². The molecule has 1 heterocycles. The van der Waals surface area contributed by atoms with Crippen LogP contribution in [0.2, 0.25) is 0 Å². The van der Waals surface area contributed by atoms with Crippen molar-refractivity contribution in [2.45, 2.75) is 12.8 Å². The lowest BCUT2D eigenvalue weighted by Gasteiger charge is -2.10. The molecule has 0 fully saturated rings. The molecule has 0 spiro atoms. The molecule has 4 nitrogen and oxygen atoms in total. The molecular formula is C24H17F3O4. The zero-order valence-corrected chi connectivity index (χ0v) is 16.4. The molecule has 0 unspecified atom stereocenters. The Bertz CT molecular complexity index is 1220. The van der Waals surface area contributed by atoms with E-state index in [4.69, 9.17) is 13.9 Å². The number of fused-ring (bicyclic) bond motifs is 1. The number of hydrogen-bond acceptors (Lipinski definition) is 4. The first-order valence-electron chi connectivity index (χ1n) is 9.34. The second-order valence-electron chi connectivity index (χ2n) is 6.85. The summed E-state index contributed by atoms with van der Waals surface area (Å²) >= 11 is 0. The third-order valence-corrected chi connectivity index (χ3v) is 4.80. The van der Waals surface area contributed by atoms with Crippen molar-refractivity contribution in [3.63, 3.8) is 0 Å². The second-order valence-corrected chi connectivity index (χ2v) is 6.85. The third kappa shape index (κ3) is 4.40. The van der Waals surface area contributed by atoms with Crippen molar-refractivity contribution < 1.29 is 31.9 Å². The first kappa shape index (κ1) is 20.5. The number of carbonyl (C=O) groups excluding carboxylic acids is 1. The van der Waals surface area contributed by atoms with Crippen LogP contribution in [0.3, 0.4) is 0 Å². The summed E-state index contributed by atoms with van der Waals surface area (Å²) in [6.45, 7) is -0.0466. The average molecular weight is 426 g/mol. The van der Waals surface area contributed by atoms with E-state index >= 15 is 0 Å². The highest BCUT2D eigenvalue weighted by Crippen LogP contribution is 2.31. The van der Waals surface area contributed by atoms with Crippen LogP contribution in [0, 0.1) is 0 Å². The van der Waals surface area contributed by atoms with E-state index in [0.717, 1.165) is 12.1 Å². The standard InChI is InChI=1S/C24H17F3O4/c1-29-18-7-5-16(6-8-18)23(28)21-14-31-22-10-9-19(12-20(21)22)30-13-15-3-2-4-17(11-15)24(25,26)27/h2-12,14H,13H2,1H3. The molecule has 0 aliphatic carbocycles. The molecule has 0 saturated carbocycles. The first-order valence-corrected chi connectivity index (χ1v) is 9.34. The van der Waals surface area contributed by atoms with Gasteiger partial charge in [-0.1, -0.05) is 12.1 Å². The van der Waals surface area contributed by atoms with E-state index in [2.05, 4.69) is 0 Å². The van der Waals surface area contributed by atoms with Gasteiger partial charge in [0.15, 0.2) is 5.78 Å². The van der Waals surface area contributed by atoms with E-state index in [1.807, 2.05) is 0 Å². The van der Waals surface area contributed by atoms with E-state index in [1.165, 1.54) is 12.3 Å². The van der Waals surface area contributed by atoms with Crippen LogP contribution in [0.15, 0.2) is 77.4 Å². The number of rotatable bonds is 6.